The van der Waals surface area contributed by atoms with Crippen molar-refractivity contribution < 1.29 is 19.1 Å². The third-order valence-corrected chi connectivity index (χ3v) is 7.79. The molecule has 3 aliphatic heterocycles. The molecule has 0 aliphatic carbocycles. The quantitative estimate of drug-likeness (QED) is 0.427. The maximum atomic E-state index is 13.6. The molecule has 3 saturated heterocycles. The van der Waals surface area contributed by atoms with Crippen molar-refractivity contribution in [1.82, 2.24) is 19.2 Å². The molecule has 0 N–H and O–H groups in total. The van der Waals surface area contributed by atoms with Crippen molar-refractivity contribution in [3.8, 4) is 0 Å². The number of pyridine rings is 1. The van der Waals surface area contributed by atoms with Crippen LogP contribution in [0.5, 0.6) is 0 Å². The molecular weight excluding hydrogens is 502 g/mol. The Labute approximate surface area is 217 Å². The summed E-state index contributed by atoms with van der Waals surface area (Å²) in [6.45, 7) is 5.05. The van der Waals surface area contributed by atoms with Gasteiger partial charge in [0.05, 0.1) is 29.7 Å². The highest BCUT2D eigenvalue weighted by Gasteiger charge is 2.35. The molecule has 2 aromatic rings. The molecule has 3 fully saturated rings. The van der Waals surface area contributed by atoms with Gasteiger partial charge in [0, 0.05) is 39.0 Å². The third kappa shape index (κ3) is 4.84. The number of carbonyl (C=O) groups excluding carboxylic acids is 2. The number of rotatable bonds is 5. The van der Waals surface area contributed by atoms with Crippen LogP contribution in [0.25, 0.3) is 11.7 Å². The van der Waals surface area contributed by atoms with Gasteiger partial charge in [0.2, 0.25) is 0 Å². The van der Waals surface area contributed by atoms with Crippen molar-refractivity contribution >= 4 is 57.8 Å². The molecule has 12 heteroatoms. The van der Waals surface area contributed by atoms with Gasteiger partial charge >= 0.3 is 6.09 Å². The first-order valence-electron chi connectivity index (χ1n) is 12.0. The van der Waals surface area contributed by atoms with Crippen LogP contribution in [0.2, 0.25) is 0 Å². The summed E-state index contributed by atoms with van der Waals surface area (Å²) in [5.41, 5.74) is 0.558. The molecule has 2 aromatic heterocycles. The van der Waals surface area contributed by atoms with Gasteiger partial charge in [-0.2, -0.15) is 0 Å². The van der Waals surface area contributed by atoms with Gasteiger partial charge in [0.15, 0.2) is 0 Å². The smallest absolute Gasteiger partial charge is 0.409 e. The van der Waals surface area contributed by atoms with Crippen LogP contribution in [-0.2, 0) is 14.3 Å². The summed E-state index contributed by atoms with van der Waals surface area (Å²) in [4.78, 5) is 49.3. The van der Waals surface area contributed by atoms with Crippen molar-refractivity contribution in [2.24, 2.45) is 0 Å². The fraction of sp³-hybridized carbons (Fsp3) is 0.458. The zero-order valence-electron chi connectivity index (χ0n) is 19.9. The standard InChI is InChI=1S/C24H27N5O5S2/c1-2-33-23(32)27-11-9-26(10-12-27)20-17(21(30)28-8-4-3-7-19(28)25-20)14-18-22(31)29(24(35)36-18)15-16-6-5-13-34-16/h3-4,7-8,14,16H,2,5-6,9-13,15H2,1H3/b18-14-. The monoisotopic (exact) mass is 529 g/mol. The van der Waals surface area contributed by atoms with E-state index in [1.807, 2.05) is 11.0 Å². The van der Waals surface area contributed by atoms with E-state index in [2.05, 4.69) is 0 Å². The number of ether oxygens (including phenoxy) is 2. The molecule has 0 spiro atoms. The number of hydrogen-bond acceptors (Lipinski definition) is 9. The van der Waals surface area contributed by atoms with Crippen LogP contribution in [-0.4, -0.2) is 87.5 Å². The van der Waals surface area contributed by atoms with Crippen LogP contribution in [0.4, 0.5) is 10.6 Å². The molecule has 5 heterocycles. The van der Waals surface area contributed by atoms with Crippen molar-refractivity contribution in [2.45, 2.75) is 25.9 Å². The minimum Gasteiger partial charge on any atom is -0.450 e. The number of anilines is 1. The zero-order chi connectivity index (χ0) is 25.2. The lowest BCUT2D eigenvalue weighted by Gasteiger charge is -2.35. The Balaban J connectivity index is 1.47. The number of aromatic nitrogens is 2. The van der Waals surface area contributed by atoms with E-state index < -0.39 is 0 Å². The van der Waals surface area contributed by atoms with Gasteiger partial charge in [-0.15, -0.1) is 0 Å². The van der Waals surface area contributed by atoms with E-state index in [-0.39, 0.29) is 23.7 Å². The minimum absolute atomic E-state index is 0.0222. The highest BCUT2D eigenvalue weighted by molar-refractivity contribution is 8.26. The summed E-state index contributed by atoms with van der Waals surface area (Å²) < 4.78 is 12.7. The van der Waals surface area contributed by atoms with Crippen LogP contribution >= 0.6 is 24.0 Å². The maximum absolute atomic E-state index is 13.6. The van der Waals surface area contributed by atoms with E-state index in [1.165, 1.54) is 16.2 Å². The largest absolute Gasteiger partial charge is 0.450 e. The van der Waals surface area contributed by atoms with Gasteiger partial charge in [0.1, 0.15) is 15.8 Å². The Bertz CT molecular complexity index is 1280. The second kappa shape index (κ2) is 10.6. The van der Waals surface area contributed by atoms with Crippen molar-refractivity contribution in [1.29, 1.82) is 0 Å². The molecule has 0 saturated carbocycles. The summed E-state index contributed by atoms with van der Waals surface area (Å²) in [6.07, 6.45) is 4.77. The molecule has 2 amide bonds. The number of thiocarbonyl (C=S) groups is 1. The van der Waals surface area contributed by atoms with E-state index in [0.717, 1.165) is 12.8 Å². The molecule has 3 aliphatic rings. The second-order valence-electron chi connectivity index (χ2n) is 8.68. The van der Waals surface area contributed by atoms with E-state index in [1.54, 1.807) is 41.1 Å². The summed E-state index contributed by atoms with van der Waals surface area (Å²) in [6, 6.07) is 5.35. The zero-order valence-corrected chi connectivity index (χ0v) is 21.6. The SMILES string of the molecule is CCOC(=O)N1CCN(c2nc3ccccn3c(=O)c2/C=C2\SC(=S)N(CC3CCCO3)C2=O)CC1. The number of hydrogen-bond donors (Lipinski definition) is 0. The average Bonchev–Trinajstić information content (AvgIpc) is 3.50. The Morgan fingerprint density at radius 1 is 1.28 bits per heavy atom. The Morgan fingerprint density at radius 3 is 2.81 bits per heavy atom. The minimum atomic E-state index is -0.348. The Morgan fingerprint density at radius 2 is 2.08 bits per heavy atom. The second-order valence-corrected chi connectivity index (χ2v) is 10.4. The van der Waals surface area contributed by atoms with Crippen molar-refractivity contribution in [3.05, 3.63) is 45.2 Å². The van der Waals surface area contributed by atoms with Crippen LogP contribution in [0.1, 0.15) is 25.3 Å². The van der Waals surface area contributed by atoms with Crippen LogP contribution in [0.15, 0.2) is 34.1 Å². The lowest BCUT2D eigenvalue weighted by Crippen LogP contribution is -2.49. The molecule has 0 aromatic carbocycles. The van der Waals surface area contributed by atoms with Crippen molar-refractivity contribution in [3.63, 3.8) is 0 Å². The predicted octanol–water partition coefficient (Wildman–Crippen LogP) is 2.35. The fourth-order valence-electron chi connectivity index (χ4n) is 4.55. The van der Waals surface area contributed by atoms with E-state index in [9.17, 15) is 14.4 Å². The number of thioether (sulfide) groups is 1. The van der Waals surface area contributed by atoms with Crippen LogP contribution < -0.4 is 10.5 Å². The Kier molecular flexibility index (Phi) is 7.26. The molecule has 36 heavy (non-hydrogen) atoms. The lowest BCUT2D eigenvalue weighted by atomic mass is 10.2. The molecular formula is C24H27N5O5S2. The molecule has 5 rings (SSSR count). The molecule has 0 radical (unpaired) electrons. The highest BCUT2D eigenvalue weighted by atomic mass is 32.2. The predicted molar refractivity (Wildman–Crippen MR) is 141 cm³/mol. The van der Waals surface area contributed by atoms with Gasteiger partial charge in [0.25, 0.3) is 11.5 Å². The number of carbonyl (C=O) groups is 2. The lowest BCUT2D eigenvalue weighted by molar-refractivity contribution is -0.123. The van der Waals surface area contributed by atoms with Crippen LogP contribution in [0.3, 0.4) is 0 Å². The number of fused-ring (bicyclic) bond motifs is 1. The highest BCUT2D eigenvalue weighted by Crippen LogP contribution is 2.34. The third-order valence-electron chi connectivity index (χ3n) is 6.41. The first-order chi connectivity index (χ1) is 17.5. The summed E-state index contributed by atoms with van der Waals surface area (Å²) in [5.74, 6) is 0.259. The molecule has 0 bridgehead atoms. The first kappa shape index (κ1) is 24.7. The normalized spacial score (nSPS) is 21.8. The fourth-order valence-corrected chi connectivity index (χ4v) is 5.81. The van der Waals surface area contributed by atoms with Crippen LogP contribution in [0, 0.1) is 0 Å². The number of amides is 2. The van der Waals surface area contributed by atoms with E-state index >= 15 is 0 Å². The van der Waals surface area contributed by atoms with Gasteiger partial charge < -0.3 is 19.3 Å². The average molecular weight is 530 g/mol. The molecule has 190 valence electrons. The van der Waals surface area contributed by atoms with E-state index in [4.69, 9.17) is 26.7 Å². The van der Waals surface area contributed by atoms with Gasteiger partial charge in [-0.25, -0.2) is 9.78 Å². The number of nitrogens with zero attached hydrogens (tertiary/aromatic N) is 5. The molecule has 1 atom stereocenters. The van der Waals surface area contributed by atoms with Crippen molar-refractivity contribution in [2.75, 3.05) is 50.8 Å². The maximum Gasteiger partial charge on any atom is 0.409 e. The van der Waals surface area contributed by atoms with Gasteiger partial charge in [-0.05, 0) is 38.0 Å². The molecule has 1 unspecified atom stereocenters. The van der Waals surface area contributed by atoms with E-state index in [0.29, 0.717) is 72.2 Å². The van der Waals surface area contributed by atoms with Gasteiger partial charge in [-0.3, -0.25) is 18.9 Å². The first-order valence-corrected chi connectivity index (χ1v) is 13.2. The summed E-state index contributed by atoms with van der Waals surface area (Å²) in [5, 5.41) is 0. The summed E-state index contributed by atoms with van der Waals surface area (Å²) in [7, 11) is 0. The topological polar surface area (TPSA) is 96.7 Å². The summed E-state index contributed by atoms with van der Waals surface area (Å²) >= 11 is 6.67. The van der Waals surface area contributed by atoms with Gasteiger partial charge in [-0.1, -0.05) is 30.0 Å². The molecule has 10 nitrogen and oxygen atoms in total. The number of piperazine rings is 1. The Hall–Kier alpha value is -2.96.